The van der Waals surface area contributed by atoms with Gasteiger partial charge in [0.15, 0.2) is 0 Å². The predicted molar refractivity (Wildman–Crippen MR) is 79.4 cm³/mol. The molecule has 1 unspecified atom stereocenters. The van der Waals surface area contributed by atoms with Gasteiger partial charge in [-0.2, -0.15) is 0 Å². The van der Waals surface area contributed by atoms with Crippen LogP contribution in [-0.4, -0.2) is 30.6 Å². The number of amides is 2. The molecule has 0 aromatic heterocycles. The van der Waals surface area contributed by atoms with E-state index < -0.39 is 0 Å². The fourth-order valence-corrected chi connectivity index (χ4v) is 2.60. The molecule has 2 rings (SSSR count). The molecule has 0 radical (unpaired) electrons. The van der Waals surface area contributed by atoms with E-state index in [1.165, 1.54) is 6.42 Å². The summed E-state index contributed by atoms with van der Waals surface area (Å²) in [6.45, 7) is 4.20. The van der Waals surface area contributed by atoms with Crippen LogP contribution in [0.2, 0.25) is 0 Å². The maximum atomic E-state index is 12.1. The fraction of sp³-hybridized carbons (Fsp3) is 0.562. The van der Waals surface area contributed by atoms with E-state index in [1.807, 2.05) is 29.2 Å². The first-order valence-corrected chi connectivity index (χ1v) is 7.32. The lowest BCUT2D eigenvalue weighted by atomic mass is 10.0. The van der Waals surface area contributed by atoms with Crippen molar-refractivity contribution in [3.63, 3.8) is 0 Å². The molecule has 1 fully saturated rings. The van der Waals surface area contributed by atoms with Crippen LogP contribution in [0.5, 0.6) is 0 Å². The van der Waals surface area contributed by atoms with Crippen molar-refractivity contribution in [2.45, 2.75) is 45.4 Å². The summed E-state index contributed by atoms with van der Waals surface area (Å²) in [5, 5.41) is 3.01. The molecule has 4 nitrogen and oxygen atoms in total. The minimum atomic E-state index is 0.0539. The van der Waals surface area contributed by atoms with E-state index in [2.05, 4.69) is 12.2 Å². The number of ether oxygens (including phenoxy) is 1. The van der Waals surface area contributed by atoms with Crippen LogP contribution in [0.1, 0.15) is 37.3 Å². The maximum absolute atomic E-state index is 12.1. The topological polar surface area (TPSA) is 41.6 Å². The Kier molecular flexibility index (Phi) is 5.41. The van der Waals surface area contributed by atoms with Gasteiger partial charge in [0.25, 0.3) is 0 Å². The van der Waals surface area contributed by atoms with Crippen molar-refractivity contribution in [2.24, 2.45) is 0 Å². The minimum Gasteiger partial charge on any atom is -0.380 e. The summed E-state index contributed by atoms with van der Waals surface area (Å²) in [4.78, 5) is 14.1. The van der Waals surface area contributed by atoms with E-state index in [-0.39, 0.29) is 6.03 Å². The number of benzene rings is 1. The SMILES string of the molecule is COCc1ccc(CNC(=O)N2CCCCC2C)cc1. The third-order valence-electron chi connectivity index (χ3n) is 3.84. The van der Waals surface area contributed by atoms with Crippen LogP contribution in [0.3, 0.4) is 0 Å². The van der Waals surface area contributed by atoms with E-state index in [0.29, 0.717) is 19.2 Å². The van der Waals surface area contributed by atoms with Gasteiger partial charge in [0.05, 0.1) is 6.61 Å². The monoisotopic (exact) mass is 276 g/mol. The largest absolute Gasteiger partial charge is 0.380 e. The molecule has 20 heavy (non-hydrogen) atoms. The average molecular weight is 276 g/mol. The van der Waals surface area contributed by atoms with Gasteiger partial charge in [0, 0.05) is 26.2 Å². The molecule has 1 aromatic carbocycles. The highest BCUT2D eigenvalue weighted by Gasteiger charge is 2.22. The maximum Gasteiger partial charge on any atom is 0.317 e. The fourth-order valence-electron chi connectivity index (χ4n) is 2.60. The number of carbonyl (C=O) groups is 1. The molecule has 1 aliphatic rings. The molecule has 1 saturated heterocycles. The van der Waals surface area contributed by atoms with Crippen molar-refractivity contribution < 1.29 is 9.53 Å². The van der Waals surface area contributed by atoms with Crippen LogP contribution >= 0.6 is 0 Å². The molecule has 0 aliphatic carbocycles. The van der Waals surface area contributed by atoms with Crippen LogP contribution in [-0.2, 0) is 17.9 Å². The summed E-state index contributed by atoms with van der Waals surface area (Å²) in [5.41, 5.74) is 2.26. The molecule has 2 amide bonds. The molecule has 1 heterocycles. The molecular weight excluding hydrogens is 252 g/mol. The second-order valence-corrected chi connectivity index (χ2v) is 5.45. The Labute approximate surface area is 121 Å². The van der Waals surface area contributed by atoms with Gasteiger partial charge in [-0.05, 0) is 37.3 Å². The molecule has 0 saturated carbocycles. The zero-order valence-corrected chi connectivity index (χ0v) is 12.4. The third-order valence-corrected chi connectivity index (χ3v) is 3.84. The Morgan fingerprint density at radius 1 is 1.30 bits per heavy atom. The molecule has 110 valence electrons. The standard InChI is InChI=1S/C16H24N2O2/c1-13-5-3-4-10-18(13)16(19)17-11-14-6-8-15(9-7-14)12-20-2/h6-9,13H,3-5,10-12H2,1-2H3,(H,17,19). The number of nitrogens with zero attached hydrogens (tertiary/aromatic N) is 1. The van der Waals surface area contributed by atoms with Crippen molar-refractivity contribution in [1.29, 1.82) is 0 Å². The molecule has 1 aliphatic heterocycles. The van der Waals surface area contributed by atoms with E-state index in [0.717, 1.165) is 30.5 Å². The van der Waals surface area contributed by atoms with E-state index >= 15 is 0 Å². The molecule has 4 heteroatoms. The number of carbonyl (C=O) groups excluding carboxylic acids is 1. The Morgan fingerprint density at radius 2 is 2.00 bits per heavy atom. The molecule has 1 aromatic rings. The van der Waals surface area contributed by atoms with Gasteiger partial charge in [-0.25, -0.2) is 4.79 Å². The lowest BCUT2D eigenvalue weighted by Crippen LogP contribution is -2.47. The number of piperidine rings is 1. The van der Waals surface area contributed by atoms with Crippen molar-refractivity contribution in [1.82, 2.24) is 10.2 Å². The van der Waals surface area contributed by atoms with Crippen LogP contribution in [0, 0.1) is 0 Å². The normalized spacial score (nSPS) is 18.9. The second kappa shape index (κ2) is 7.29. The van der Waals surface area contributed by atoms with Gasteiger partial charge in [-0.1, -0.05) is 24.3 Å². The summed E-state index contributed by atoms with van der Waals surface area (Å²) < 4.78 is 5.08. The van der Waals surface area contributed by atoms with E-state index in [9.17, 15) is 4.79 Å². The zero-order valence-electron chi connectivity index (χ0n) is 12.4. The number of hydrogen-bond donors (Lipinski definition) is 1. The number of hydrogen-bond acceptors (Lipinski definition) is 2. The molecule has 0 spiro atoms. The average Bonchev–Trinajstić information content (AvgIpc) is 2.47. The Hall–Kier alpha value is -1.55. The minimum absolute atomic E-state index is 0.0539. The lowest BCUT2D eigenvalue weighted by molar-refractivity contribution is 0.158. The molecule has 1 atom stereocenters. The highest BCUT2D eigenvalue weighted by molar-refractivity contribution is 5.74. The number of nitrogens with one attached hydrogen (secondary N) is 1. The van der Waals surface area contributed by atoms with Crippen molar-refractivity contribution >= 4 is 6.03 Å². The van der Waals surface area contributed by atoms with E-state index in [4.69, 9.17) is 4.74 Å². The Balaban J connectivity index is 1.83. The lowest BCUT2D eigenvalue weighted by Gasteiger charge is -2.33. The van der Waals surface area contributed by atoms with Crippen LogP contribution in [0.4, 0.5) is 4.79 Å². The Bertz CT molecular complexity index is 431. The van der Waals surface area contributed by atoms with E-state index in [1.54, 1.807) is 7.11 Å². The second-order valence-electron chi connectivity index (χ2n) is 5.45. The zero-order chi connectivity index (χ0) is 14.4. The third kappa shape index (κ3) is 3.97. The number of urea groups is 1. The summed E-state index contributed by atoms with van der Waals surface area (Å²) in [7, 11) is 1.69. The van der Waals surface area contributed by atoms with Gasteiger partial charge in [0.1, 0.15) is 0 Å². The van der Waals surface area contributed by atoms with Gasteiger partial charge >= 0.3 is 6.03 Å². The van der Waals surface area contributed by atoms with Crippen LogP contribution in [0.15, 0.2) is 24.3 Å². The molecule has 1 N–H and O–H groups in total. The highest BCUT2D eigenvalue weighted by Crippen LogP contribution is 2.16. The molecule has 0 bridgehead atoms. The first kappa shape index (κ1) is 14.9. The first-order chi connectivity index (χ1) is 9.70. The Morgan fingerprint density at radius 3 is 2.65 bits per heavy atom. The van der Waals surface area contributed by atoms with Crippen LogP contribution in [0.25, 0.3) is 0 Å². The number of rotatable bonds is 4. The summed E-state index contributed by atoms with van der Waals surface area (Å²) in [6, 6.07) is 8.55. The smallest absolute Gasteiger partial charge is 0.317 e. The molecular formula is C16H24N2O2. The number of likely N-dealkylation sites (tertiary alicyclic amines) is 1. The summed E-state index contributed by atoms with van der Waals surface area (Å²) >= 11 is 0. The van der Waals surface area contributed by atoms with Crippen molar-refractivity contribution in [3.8, 4) is 0 Å². The highest BCUT2D eigenvalue weighted by atomic mass is 16.5. The van der Waals surface area contributed by atoms with Gasteiger partial charge in [-0.15, -0.1) is 0 Å². The van der Waals surface area contributed by atoms with Gasteiger partial charge < -0.3 is 15.0 Å². The van der Waals surface area contributed by atoms with Gasteiger partial charge in [0.2, 0.25) is 0 Å². The van der Waals surface area contributed by atoms with Crippen LogP contribution < -0.4 is 5.32 Å². The first-order valence-electron chi connectivity index (χ1n) is 7.32. The predicted octanol–water partition coefficient (Wildman–Crippen LogP) is 2.92. The van der Waals surface area contributed by atoms with Crippen molar-refractivity contribution in [2.75, 3.05) is 13.7 Å². The van der Waals surface area contributed by atoms with Crippen molar-refractivity contribution in [3.05, 3.63) is 35.4 Å². The summed E-state index contributed by atoms with van der Waals surface area (Å²) in [5.74, 6) is 0. The summed E-state index contributed by atoms with van der Waals surface area (Å²) in [6.07, 6.45) is 3.45. The quantitative estimate of drug-likeness (QED) is 0.918. The number of methoxy groups -OCH3 is 1. The van der Waals surface area contributed by atoms with Gasteiger partial charge in [-0.3, -0.25) is 0 Å².